The van der Waals surface area contributed by atoms with Crippen LogP contribution in [0.25, 0.3) is 11.0 Å². The lowest BCUT2D eigenvalue weighted by molar-refractivity contribution is 0.0682. The second-order valence-electron chi connectivity index (χ2n) is 9.47. The standard InChI is InChI=1S/C26H32ClN3O4S/c1-18(2)28-10-5-11-30(35(4,32)33)23-16-22(27)9-8-21(23)17-29(13-12-28)26(31)25-15-20-7-6-19(3)14-24(20)34-25/h6-9,14-16,18H,5,10-13,17H2,1-4H3. The van der Waals surface area contributed by atoms with Gasteiger partial charge in [-0.2, -0.15) is 0 Å². The normalized spacial score (nSPS) is 16.4. The third kappa shape index (κ3) is 5.82. The van der Waals surface area contributed by atoms with Crippen LogP contribution in [0.5, 0.6) is 0 Å². The van der Waals surface area contributed by atoms with Gasteiger partial charge in [0.1, 0.15) is 5.58 Å². The highest BCUT2D eigenvalue weighted by Gasteiger charge is 2.27. The number of carbonyl (C=O) groups excluding carboxylic acids is 1. The van der Waals surface area contributed by atoms with Gasteiger partial charge in [-0.15, -0.1) is 0 Å². The van der Waals surface area contributed by atoms with Crippen LogP contribution in [0.2, 0.25) is 5.02 Å². The number of nitrogens with zero attached hydrogens (tertiary/aromatic N) is 3. The Morgan fingerprint density at radius 1 is 1.03 bits per heavy atom. The van der Waals surface area contributed by atoms with Gasteiger partial charge in [-0.3, -0.25) is 14.0 Å². The fourth-order valence-corrected chi connectivity index (χ4v) is 5.67. The Bertz CT molecular complexity index is 1340. The van der Waals surface area contributed by atoms with Crippen molar-refractivity contribution in [2.45, 2.75) is 39.8 Å². The quantitative estimate of drug-likeness (QED) is 0.493. The number of hydrogen-bond acceptors (Lipinski definition) is 5. The van der Waals surface area contributed by atoms with Gasteiger partial charge in [0.15, 0.2) is 5.76 Å². The van der Waals surface area contributed by atoms with E-state index in [1.165, 1.54) is 10.6 Å². The Balaban J connectivity index is 1.76. The molecular formula is C26H32ClN3O4S. The Kier molecular flexibility index (Phi) is 7.45. The van der Waals surface area contributed by atoms with Gasteiger partial charge >= 0.3 is 0 Å². The van der Waals surface area contributed by atoms with Crippen molar-refractivity contribution in [3.05, 3.63) is 64.4 Å². The first-order chi connectivity index (χ1) is 16.5. The molecule has 188 valence electrons. The van der Waals surface area contributed by atoms with Gasteiger partial charge in [0, 0.05) is 49.2 Å². The van der Waals surface area contributed by atoms with Crippen LogP contribution in [0.4, 0.5) is 5.69 Å². The largest absolute Gasteiger partial charge is 0.451 e. The summed E-state index contributed by atoms with van der Waals surface area (Å²) in [7, 11) is -3.55. The van der Waals surface area contributed by atoms with Crippen molar-refractivity contribution in [2.24, 2.45) is 0 Å². The molecule has 0 saturated carbocycles. The second-order valence-corrected chi connectivity index (χ2v) is 11.8. The Labute approximate surface area is 212 Å². The van der Waals surface area contributed by atoms with E-state index in [1.54, 1.807) is 29.2 Å². The van der Waals surface area contributed by atoms with Gasteiger partial charge in [0.05, 0.1) is 11.9 Å². The summed E-state index contributed by atoms with van der Waals surface area (Å²) in [5, 5.41) is 1.32. The number of anilines is 1. The molecule has 7 nitrogen and oxygen atoms in total. The molecule has 0 atom stereocenters. The number of sulfonamides is 1. The maximum atomic E-state index is 13.7. The smallest absolute Gasteiger partial charge is 0.289 e. The minimum absolute atomic E-state index is 0.228. The highest BCUT2D eigenvalue weighted by Crippen LogP contribution is 2.30. The van der Waals surface area contributed by atoms with Crippen molar-refractivity contribution in [1.82, 2.24) is 9.80 Å². The van der Waals surface area contributed by atoms with Crippen LogP contribution >= 0.6 is 11.6 Å². The van der Waals surface area contributed by atoms with Crippen LogP contribution in [-0.2, 0) is 16.6 Å². The zero-order chi connectivity index (χ0) is 25.3. The number of fused-ring (bicyclic) bond motifs is 2. The lowest BCUT2D eigenvalue weighted by Gasteiger charge is -2.29. The summed E-state index contributed by atoms with van der Waals surface area (Å²) < 4.78 is 32.9. The Morgan fingerprint density at radius 3 is 2.51 bits per heavy atom. The maximum Gasteiger partial charge on any atom is 0.289 e. The topological polar surface area (TPSA) is 74.1 Å². The molecule has 0 saturated heterocycles. The lowest BCUT2D eigenvalue weighted by Crippen LogP contribution is -2.41. The van der Waals surface area contributed by atoms with Gasteiger partial charge in [-0.1, -0.05) is 29.8 Å². The van der Waals surface area contributed by atoms with Crippen LogP contribution < -0.4 is 4.31 Å². The van der Waals surface area contributed by atoms with E-state index in [1.807, 2.05) is 25.1 Å². The number of aryl methyl sites for hydroxylation is 1. The molecule has 0 bridgehead atoms. The number of hydrogen-bond donors (Lipinski definition) is 0. The second kappa shape index (κ2) is 10.2. The molecule has 0 fully saturated rings. The van der Waals surface area contributed by atoms with Gasteiger partial charge in [-0.05, 0) is 62.6 Å². The number of furan rings is 1. The lowest BCUT2D eigenvalue weighted by atomic mass is 10.1. The Morgan fingerprint density at radius 2 is 1.80 bits per heavy atom. The summed E-state index contributed by atoms with van der Waals surface area (Å²) in [6.45, 7) is 8.63. The first kappa shape index (κ1) is 25.5. The van der Waals surface area contributed by atoms with E-state index in [2.05, 4.69) is 18.7 Å². The molecule has 3 aromatic rings. The molecular weight excluding hydrogens is 486 g/mol. The average Bonchev–Trinajstić information content (AvgIpc) is 3.18. The number of amides is 1. The molecule has 1 aromatic heterocycles. The first-order valence-electron chi connectivity index (χ1n) is 11.8. The molecule has 1 aliphatic rings. The van der Waals surface area contributed by atoms with Crippen molar-refractivity contribution in [3.63, 3.8) is 0 Å². The highest BCUT2D eigenvalue weighted by molar-refractivity contribution is 7.92. The molecule has 1 amide bonds. The van der Waals surface area contributed by atoms with E-state index in [9.17, 15) is 13.2 Å². The minimum atomic E-state index is -3.55. The van der Waals surface area contributed by atoms with Gasteiger partial charge in [-0.25, -0.2) is 8.42 Å². The minimum Gasteiger partial charge on any atom is -0.451 e. The fraction of sp³-hybridized carbons (Fsp3) is 0.423. The number of benzene rings is 2. The SMILES string of the molecule is Cc1ccc2cc(C(=O)N3CCN(C(C)C)CCCN(S(C)(=O)=O)c4cc(Cl)ccc4C3)oc2c1. The van der Waals surface area contributed by atoms with Crippen molar-refractivity contribution >= 4 is 44.2 Å². The molecule has 1 aliphatic heterocycles. The summed E-state index contributed by atoms with van der Waals surface area (Å²) in [5.41, 5.74) is 2.96. The zero-order valence-corrected chi connectivity index (χ0v) is 22.2. The van der Waals surface area contributed by atoms with Crippen molar-refractivity contribution in [3.8, 4) is 0 Å². The van der Waals surface area contributed by atoms with Crippen LogP contribution in [-0.4, -0.2) is 62.6 Å². The van der Waals surface area contributed by atoms with Crippen LogP contribution in [0.3, 0.4) is 0 Å². The van der Waals surface area contributed by atoms with E-state index in [-0.39, 0.29) is 24.3 Å². The predicted octanol–water partition coefficient (Wildman–Crippen LogP) is 4.92. The molecule has 0 spiro atoms. The van der Waals surface area contributed by atoms with Crippen LogP contribution in [0.15, 0.2) is 46.9 Å². The third-order valence-corrected chi connectivity index (χ3v) is 7.86. The van der Waals surface area contributed by atoms with Crippen molar-refractivity contribution in [2.75, 3.05) is 36.7 Å². The number of carbonyl (C=O) groups is 1. The molecule has 4 rings (SSSR count). The van der Waals surface area contributed by atoms with Gasteiger partial charge in [0.2, 0.25) is 10.0 Å². The summed E-state index contributed by atoms with van der Waals surface area (Å²) in [4.78, 5) is 17.7. The molecule has 2 aromatic carbocycles. The number of rotatable bonds is 3. The third-order valence-electron chi connectivity index (χ3n) is 6.45. The van der Waals surface area contributed by atoms with E-state index in [0.29, 0.717) is 48.9 Å². The fourth-order valence-electron chi connectivity index (χ4n) is 4.52. The van der Waals surface area contributed by atoms with Gasteiger partial charge < -0.3 is 9.32 Å². The molecule has 2 heterocycles. The Hall–Kier alpha value is -2.55. The molecule has 0 N–H and O–H groups in total. The monoisotopic (exact) mass is 517 g/mol. The zero-order valence-electron chi connectivity index (χ0n) is 20.6. The maximum absolute atomic E-state index is 13.7. The average molecular weight is 518 g/mol. The van der Waals surface area contributed by atoms with Crippen molar-refractivity contribution in [1.29, 1.82) is 0 Å². The summed E-state index contributed by atoms with van der Waals surface area (Å²) in [6.07, 6.45) is 1.87. The van der Waals surface area contributed by atoms with E-state index < -0.39 is 10.0 Å². The van der Waals surface area contributed by atoms with Crippen LogP contribution in [0, 0.1) is 6.92 Å². The first-order valence-corrected chi connectivity index (χ1v) is 14.1. The molecule has 9 heteroatoms. The summed E-state index contributed by atoms with van der Waals surface area (Å²) in [5.74, 6) is 0.0423. The highest BCUT2D eigenvalue weighted by atomic mass is 35.5. The molecule has 35 heavy (non-hydrogen) atoms. The van der Waals surface area contributed by atoms with Crippen molar-refractivity contribution < 1.29 is 17.6 Å². The number of halogens is 1. The predicted molar refractivity (Wildman–Crippen MR) is 141 cm³/mol. The van der Waals surface area contributed by atoms with Gasteiger partial charge in [0.25, 0.3) is 5.91 Å². The van der Waals surface area contributed by atoms with E-state index >= 15 is 0 Å². The van der Waals surface area contributed by atoms with E-state index in [4.69, 9.17) is 16.0 Å². The van der Waals surface area contributed by atoms with Crippen LogP contribution in [0.1, 0.15) is 41.9 Å². The molecule has 0 radical (unpaired) electrons. The molecule has 0 unspecified atom stereocenters. The van der Waals surface area contributed by atoms with E-state index in [0.717, 1.165) is 16.5 Å². The molecule has 0 aliphatic carbocycles. The summed E-state index contributed by atoms with van der Waals surface area (Å²) >= 11 is 6.28. The summed E-state index contributed by atoms with van der Waals surface area (Å²) in [6, 6.07) is 13.1.